The molecule has 120 valence electrons. The summed E-state index contributed by atoms with van der Waals surface area (Å²) in [6.45, 7) is 3.48. The highest BCUT2D eigenvalue weighted by Crippen LogP contribution is 2.48. The third kappa shape index (κ3) is 5.04. The van der Waals surface area contributed by atoms with E-state index in [1.807, 2.05) is 0 Å². The molecule has 1 N–H and O–H groups in total. The van der Waals surface area contributed by atoms with Gasteiger partial charge in [-0.2, -0.15) is 12.6 Å². The summed E-state index contributed by atoms with van der Waals surface area (Å²) >= 11 is 8.10. The molecule has 0 amide bonds. The Morgan fingerprint density at radius 1 is 1.05 bits per heavy atom. The summed E-state index contributed by atoms with van der Waals surface area (Å²) in [6.07, 6.45) is -3.44. The summed E-state index contributed by atoms with van der Waals surface area (Å²) in [5, 5.41) is 10.3. The van der Waals surface area contributed by atoms with Gasteiger partial charge in [-0.05, 0) is 15.9 Å². The van der Waals surface area contributed by atoms with Crippen LogP contribution in [-0.2, 0) is 28.6 Å². The fourth-order valence-electron chi connectivity index (χ4n) is 1.80. The van der Waals surface area contributed by atoms with Gasteiger partial charge in [0.1, 0.15) is 0 Å². The van der Waals surface area contributed by atoms with Crippen molar-refractivity contribution in [3.8, 4) is 0 Å². The number of ether oxygens (including phenoxy) is 3. The molecule has 1 saturated heterocycles. The van der Waals surface area contributed by atoms with E-state index in [9.17, 15) is 19.5 Å². The summed E-state index contributed by atoms with van der Waals surface area (Å²) < 4.78 is 12.8. The topological polar surface area (TPSA) is 99.1 Å². The molecule has 1 aliphatic heterocycles. The van der Waals surface area contributed by atoms with Crippen molar-refractivity contribution in [3.63, 3.8) is 0 Å². The van der Waals surface area contributed by atoms with Gasteiger partial charge >= 0.3 is 17.9 Å². The number of alkyl halides is 1. The van der Waals surface area contributed by atoms with Crippen molar-refractivity contribution in [3.05, 3.63) is 0 Å². The number of thiol groups is 1. The lowest BCUT2D eigenvalue weighted by atomic mass is 10.1. The average molecular weight is 403 g/mol. The van der Waals surface area contributed by atoms with E-state index in [2.05, 4.69) is 28.6 Å². The summed E-state index contributed by atoms with van der Waals surface area (Å²) in [5.41, 5.74) is 0. The molecule has 10 heteroatoms. The van der Waals surface area contributed by atoms with Gasteiger partial charge in [0.05, 0.1) is 4.58 Å². The van der Waals surface area contributed by atoms with Crippen LogP contribution >= 0.6 is 40.3 Å². The van der Waals surface area contributed by atoms with Gasteiger partial charge < -0.3 is 19.3 Å². The number of rotatable bonds is 3. The molecule has 1 fully saturated rings. The Morgan fingerprint density at radius 2 is 1.48 bits per heavy atom. The Kier molecular flexibility index (Phi) is 6.38. The molecule has 1 heterocycles. The van der Waals surface area contributed by atoms with Crippen LogP contribution in [0.15, 0.2) is 0 Å². The van der Waals surface area contributed by atoms with Crippen molar-refractivity contribution in [2.75, 3.05) is 0 Å². The quantitative estimate of drug-likeness (QED) is 0.310. The van der Waals surface area contributed by atoms with Gasteiger partial charge in [-0.1, -0.05) is 11.8 Å². The molecule has 1 rings (SSSR count). The monoisotopic (exact) mass is 402 g/mol. The molecule has 0 spiro atoms. The Labute approximate surface area is 139 Å². The molecule has 0 aromatic rings. The number of carbonyl (C=O) groups is 3. The minimum Gasteiger partial charge on any atom is -0.456 e. The lowest BCUT2D eigenvalue weighted by Crippen LogP contribution is -2.59. The molecular formula is C11H15BrO7S2. The first-order chi connectivity index (χ1) is 9.54. The van der Waals surface area contributed by atoms with E-state index >= 15 is 0 Å². The highest BCUT2D eigenvalue weighted by Gasteiger charge is 2.57. The van der Waals surface area contributed by atoms with Crippen molar-refractivity contribution in [1.82, 2.24) is 0 Å². The Balaban J connectivity index is 3.15. The molecule has 0 saturated carbocycles. The summed E-state index contributed by atoms with van der Waals surface area (Å²) in [5.74, 6) is -1.97. The zero-order valence-corrected chi connectivity index (χ0v) is 14.7. The van der Waals surface area contributed by atoms with Gasteiger partial charge in [-0.3, -0.25) is 14.4 Å². The van der Waals surface area contributed by atoms with Crippen LogP contribution in [0.1, 0.15) is 20.8 Å². The zero-order chi connectivity index (χ0) is 16.4. The molecule has 0 aromatic heterocycles. The van der Waals surface area contributed by atoms with Crippen LogP contribution in [0.25, 0.3) is 0 Å². The first-order valence-electron chi connectivity index (χ1n) is 5.83. The maximum absolute atomic E-state index is 11.3. The molecule has 0 aliphatic carbocycles. The molecule has 5 atom stereocenters. The van der Waals surface area contributed by atoms with Crippen molar-refractivity contribution in [2.45, 2.75) is 47.5 Å². The van der Waals surface area contributed by atoms with Crippen molar-refractivity contribution in [2.24, 2.45) is 0 Å². The second-order valence-corrected chi connectivity index (χ2v) is 8.30. The Morgan fingerprint density at radius 3 is 1.90 bits per heavy atom. The largest absolute Gasteiger partial charge is 0.456 e. The lowest BCUT2D eigenvalue weighted by Gasteiger charge is -2.44. The molecule has 7 nitrogen and oxygen atoms in total. The van der Waals surface area contributed by atoms with E-state index < -0.39 is 44.6 Å². The summed E-state index contributed by atoms with van der Waals surface area (Å²) in [6, 6.07) is 0. The Hall–Kier alpha value is -0.450. The molecule has 0 bridgehead atoms. The molecule has 21 heavy (non-hydrogen) atoms. The number of hydrogen-bond donors (Lipinski definition) is 2. The van der Waals surface area contributed by atoms with E-state index in [0.29, 0.717) is 0 Å². The lowest BCUT2D eigenvalue weighted by molar-refractivity contribution is -0.190. The van der Waals surface area contributed by atoms with Crippen molar-refractivity contribution >= 4 is 58.2 Å². The smallest absolute Gasteiger partial charge is 0.303 e. The molecule has 1 unspecified atom stereocenters. The van der Waals surface area contributed by atoms with Gasteiger partial charge in [-0.25, -0.2) is 0 Å². The van der Waals surface area contributed by atoms with E-state index in [4.69, 9.17) is 14.2 Å². The maximum atomic E-state index is 11.3. The van der Waals surface area contributed by atoms with Crippen LogP contribution in [0.2, 0.25) is 0 Å². The fraction of sp³-hybridized carbons (Fsp3) is 0.727. The normalized spacial score (nSPS) is 35.7. The van der Waals surface area contributed by atoms with E-state index in [1.165, 1.54) is 6.92 Å². The molecule has 0 aromatic carbocycles. The van der Waals surface area contributed by atoms with Crippen LogP contribution in [0.3, 0.4) is 0 Å². The van der Waals surface area contributed by atoms with Crippen molar-refractivity contribution in [1.29, 1.82) is 0 Å². The van der Waals surface area contributed by atoms with Crippen LogP contribution in [0.5, 0.6) is 0 Å². The van der Waals surface area contributed by atoms with Crippen LogP contribution < -0.4 is 0 Å². The highest BCUT2D eigenvalue weighted by molar-refractivity contribution is 9.11. The van der Waals surface area contributed by atoms with Gasteiger partial charge in [0.15, 0.2) is 18.3 Å². The number of hydrogen-bond acceptors (Lipinski definition) is 9. The van der Waals surface area contributed by atoms with Gasteiger partial charge in [0.2, 0.25) is 3.84 Å². The van der Waals surface area contributed by atoms with Crippen molar-refractivity contribution < 1.29 is 33.7 Å². The minimum absolute atomic E-state index is 0.613. The number of esters is 3. The zero-order valence-electron chi connectivity index (χ0n) is 11.4. The predicted molar refractivity (Wildman–Crippen MR) is 80.9 cm³/mol. The standard InChI is InChI=1S/C11H15BrO7S2/c1-4(13)17-7-8(18-5(2)14)10(20)21-11(12,16)9(7)19-6(3)15/h7-10,16,20H,1-3H3/t7-,8-,9+,10?,11+/m0/s1. The second-order valence-electron chi connectivity index (χ2n) is 4.30. The first kappa shape index (κ1) is 18.6. The highest BCUT2D eigenvalue weighted by atomic mass is 79.9. The number of thioether (sulfide) groups is 1. The number of halogens is 1. The van der Waals surface area contributed by atoms with Gasteiger partial charge in [0, 0.05) is 20.8 Å². The van der Waals surface area contributed by atoms with E-state index in [0.717, 1.165) is 25.6 Å². The molecule has 1 aliphatic rings. The fourth-order valence-corrected chi connectivity index (χ4v) is 4.90. The van der Waals surface area contributed by atoms with Crippen LogP contribution in [0, 0.1) is 0 Å². The summed E-state index contributed by atoms with van der Waals surface area (Å²) in [4.78, 5) is 33.7. The Bertz CT molecular complexity index is 442. The minimum atomic E-state index is -1.73. The first-order valence-corrected chi connectivity index (χ1v) is 8.02. The third-order valence-corrected chi connectivity index (χ3v) is 5.13. The second kappa shape index (κ2) is 7.21. The van der Waals surface area contributed by atoms with Gasteiger partial charge in [0.25, 0.3) is 0 Å². The average Bonchev–Trinajstić information content (AvgIpc) is 2.27. The third-order valence-electron chi connectivity index (χ3n) is 2.44. The van der Waals surface area contributed by atoms with Gasteiger partial charge in [-0.15, -0.1) is 0 Å². The van der Waals surface area contributed by atoms with E-state index in [1.54, 1.807) is 0 Å². The number of aliphatic hydroxyl groups is 1. The summed E-state index contributed by atoms with van der Waals surface area (Å²) in [7, 11) is 0. The maximum Gasteiger partial charge on any atom is 0.303 e. The number of carbonyl (C=O) groups excluding carboxylic acids is 3. The molecular weight excluding hydrogens is 388 g/mol. The van der Waals surface area contributed by atoms with Crippen LogP contribution in [0.4, 0.5) is 0 Å². The SMILES string of the molecule is CC(=O)O[C@H]1[C@H](OC(C)=O)C(S)S[C@@](O)(Br)[C@@H]1OC(C)=O. The molecule has 0 radical (unpaired) electrons. The van der Waals surface area contributed by atoms with Crippen LogP contribution in [-0.4, -0.2) is 49.8 Å². The predicted octanol–water partition coefficient (Wildman–Crippen LogP) is 0.825. The van der Waals surface area contributed by atoms with E-state index in [-0.39, 0.29) is 0 Å².